The molecular formula is C27H29F2N3O5S. The van der Waals surface area contributed by atoms with E-state index in [2.05, 4.69) is 5.32 Å². The molecule has 1 N–H and O–H groups in total. The number of nitrogens with one attached hydrogen (secondary N) is 1. The maximum absolute atomic E-state index is 13.7. The molecule has 3 aromatic rings. The first kappa shape index (κ1) is 28.6. The second-order valence-electron chi connectivity index (χ2n) is 8.38. The van der Waals surface area contributed by atoms with Crippen molar-refractivity contribution >= 4 is 27.5 Å². The van der Waals surface area contributed by atoms with E-state index in [1.807, 2.05) is 0 Å². The minimum atomic E-state index is -4.30. The van der Waals surface area contributed by atoms with Gasteiger partial charge in [0.05, 0.1) is 17.7 Å². The van der Waals surface area contributed by atoms with Crippen molar-refractivity contribution in [2.24, 2.45) is 0 Å². The lowest BCUT2D eigenvalue weighted by Gasteiger charge is -2.32. The molecule has 0 unspecified atom stereocenters. The number of nitrogens with zero attached hydrogens (tertiary/aromatic N) is 2. The molecule has 1 atom stereocenters. The number of anilines is 1. The van der Waals surface area contributed by atoms with Crippen LogP contribution in [0.15, 0.2) is 77.7 Å². The summed E-state index contributed by atoms with van der Waals surface area (Å²) in [5, 5.41) is 2.66. The lowest BCUT2D eigenvalue weighted by molar-refractivity contribution is -0.139. The molecule has 0 aliphatic rings. The van der Waals surface area contributed by atoms with Gasteiger partial charge in [0.15, 0.2) is 0 Å². The number of methoxy groups -OCH3 is 1. The highest BCUT2D eigenvalue weighted by Gasteiger charge is 2.32. The molecule has 0 bridgehead atoms. The third-order valence-electron chi connectivity index (χ3n) is 5.83. The van der Waals surface area contributed by atoms with Crippen molar-refractivity contribution in [2.45, 2.75) is 31.3 Å². The number of hydrogen-bond acceptors (Lipinski definition) is 5. The van der Waals surface area contributed by atoms with Crippen molar-refractivity contribution in [2.75, 3.05) is 24.5 Å². The van der Waals surface area contributed by atoms with E-state index in [9.17, 15) is 26.8 Å². The smallest absolute Gasteiger partial charge is 0.264 e. The van der Waals surface area contributed by atoms with Crippen LogP contribution in [0.3, 0.4) is 0 Å². The quantitative estimate of drug-likeness (QED) is 0.396. The lowest BCUT2D eigenvalue weighted by Crippen LogP contribution is -2.51. The zero-order valence-electron chi connectivity index (χ0n) is 21.2. The summed E-state index contributed by atoms with van der Waals surface area (Å²) in [5.41, 5.74) is 0.602. The van der Waals surface area contributed by atoms with Gasteiger partial charge in [0.2, 0.25) is 11.8 Å². The van der Waals surface area contributed by atoms with Crippen molar-refractivity contribution in [1.82, 2.24) is 10.2 Å². The first-order valence-corrected chi connectivity index (χ1v) is 13.2. The number of carbonyl (C=O) groups excluding carboxylic acids is 2. The number of benzene rings is 3. The van der Waals surface area contributed by atoms with Crippen LogP contribution in [0.25, 0.3) is 0 Å². The Kier molecular flexibility index (Phi) is 9.40. The van der Waals surface area contributed by atoms with Crippen LogP contribution in [0.2, 0.25) is 0 Å². The molecule has 0 fully saturated rings. The third kappa shape index (κ3) is 6.86. The van der Waals surface area contributed by atoms with Crippen LogP contribution >= 0.6 is 0 Å². The van der Waals surface area contributed by atoms with Gasteiger partial charge in [0.1, 0.15) is 30.0 Å². The van der Waals surface area contributed by atoms with E-state index in [0.29, 0.717) is 17.9 Å². The number of likely N-dealkylation sites (N-methyl/N-ethyl adjacent to an activating group) is 1. The zero-order chi connectivity index (χ0) is 27.9. The summed E-state index contributed by atoms with van der Waals surface area (Å²) in [4.78, 5) is 27.4. The van der Waals surface area contributed by atoms with Crippen molar-refractivity contribution in [1.29, 1.82) is 0 Å². The second kappa shape index (κ2) is 12.5. The normalized spacial score (nSPS) is 11.9. The average molecular weight is 546 g/mol. The number of sulfonamides is 1. The fraction of sp³-hybridized carbons (Fsp3) is 0.259. The first-order chi connectivity index (χ1) is 18.1. The maximum Gasteiger partial charge on any atom is 0.264 e. The summed E-state index contributed by atoms with van der Waals surface area (Å²) >= 11 is 0. The first-order valence-electron chi connectivity index (χ1n) is 11.8. The van der Waals surface area contributed by atoms with E-state index in [1.54, 1.807) is 6.92 Å². The minimum absolute atomic E-state index is 0.0583. The second-order valence-corrected chi connectivity index (χ2v) is 10.2. The Morgan fingerprint density at radius 3 is 2.00 bits per heavy atom. The summed E-state index contributed by atoms with van der Waals surface area (Å²) in [6, 6.07) is 14.7. The maximum atomic E-state index is 13.7. The molecule has 0 aliphatic heterocycles. The van der Waals surface area contributed by atoms with Crippen LogP contribution in [0.4, 0.5) is 14.5 Å². The Labute approximate surface area is 220 Å². The molecule has 38 heavy (non-hydrogen) atoms. The minimum Gasteiger partial charge on any atom is -0.497 e. The molecule has 3 aromatic carbocycles. The SMILES string of the molecule is CCNC(=O)[C@@H](C)N(Cc1ccc(F)cc1)C(=O)CN(c1ccc(F)cc1)S(=O)(=O)c1ccc(OC)cc1. The number of carbonyl (C=O) groups is 2. The summed E-state index contributed by atoms with van der Waals surface area (Å²) in [6.45, 7) is 2.83. The van der Waals surface area contributed by atoms with Crippen LogP contribution in [0, 0.1) is 11.6 Å². The Bertz CT molecular complexity index is 1350. The van der Waals surface area contributed by atoms with Gasteiger partial charge in [-0.05, 0) is 80.1 Å². The summed E-state index contributed by atoms with van der Waals surface area (Å²) in [5.74, 6) is -1.72. The topological polar surface area (TPSA) is 96.0 Å². The Morgan fingerprint density at radius 1 is 0.921 bits per heavy atom. The van der Waals surface area contributed by atoms with Gasteiger partial charge in [-0.2, -0.15) is 0 Å². The Balaban J connectivity index is 2.01. The fourth-order valence-electron chi connectivity index (χ4n) is 3.70. The Hall–Kier alpha value is -3.99. The van der Waals surface area contributed by atoms with Crippen molar-refractivity contribution in [3.8, 4) is 5.75 Å². The monoisotopic (exact) mass is 545 g/mol. The molecule has 11 heteroatoms. The van der Waals surface area contributed by atoms with E-state index in [0.717, 1.165) is 16.4 Å². The van der Waals surface area contributed by atoms with Crippen LogP contribution in [-0.2, 0) is 26.2 Å². The molecular weight excluding hydrogens is 516 g/mol. The third-order valence-corrected chi connectivity index (χ3v) is 7.61. The average Bonchev–Trinajstić information content (AvgIpc) is 2.91. The summed E-state index contributed by atoms with van der Waals surface area (Å²) in [7, 11) is -2.85. The molecule has 3 rings (SSSR count). The van der Waals surface area contributed by atoms with Gasteiger partial charge in [0.25, 0.3) is 10.0 Å². The number of ether oxygens (including phenoxy) is 1. The van der Waals surface area contributed by atoms with Gasteiger partial charge >= 0.3 is 0 Å². The molecule has 0 saturated carbocycles. The van der Waals surface area contributed by atoms with Crippen molar-refractivity contribution in [3.63, 3.8) is 0 Å². The Morgan fingerprint density at radius 2 is 1.47 bits per heavy atom. The van der Waals surface area contributed by atoms with Gasteiger partial charge in [-0.1, -0.05) is 12.1 Å². The largest absolute Gasteiger partial charge is 0.497 e. The van der Waals surface area contributed by atoms with Gasteiger partial charge in [-0.25, -0.2) is 17.2 Å². The summed E-state index contributed by atoms with van der Waals surface area (Å²) in [6.07, 6.45) is 0. The molecule has 0 radical (unpaired) electrons. The molecule has 0 spiro atoms. The number of halogens is 2. The van der Waals surface area contributed by atoms with Crippen molar-refractivity contribution < 1.29 is 31.5 Å². The zero-order valence-corrected chi connectivity index (χ0v) is 22.0. The number of hydrogen-bond donors (Lipinski definition) is 1. The molecule has 0 heterocycles. The van der Waals surface area contributed by atoms with Gasteiger partial charge in [-0.15, -0.1) is 0 Å². The fourth-order valence-corrected chi connectivity index (χ4v) is 5.12. The molecule has 0 saturated heterocycles. The van der Waals surface area contributed by atoms with Crippen LogP contribution in [-0.4, -0.2) is 51.4 Å². The molecule has 202 valence electrons. The van der Waals surface area contributed by atoms with Crippen molar-refractivity contribution in [3.05, 3.63) is 90.0 Å². The van der Waals surface area contributed by atoms with Crippen LogP contribution < -0.4 is 14.4 Å². The van der Waals surface area contributed by atoms with E-state index in [4.69, 9.17) is 4.74 Å². The standard InChI is InChI=1S/C27H29F2N3O5S/c1-4-30-27(34)19(2)31(17-20-5-7-21(28)8-6-20)26(33)18-32(23-11-9-22(29)10-12-23)38(35,36)25-15-13-24(37-3)14-16-25/h5-16,19H,4,17-18H2,1-3H3,(H,30,34)/t19-/m1/s1. The van der Waals surface area contributed by atoms with Gasteiger partial charge < -0.3 is 15.0 Å². The van der Waals surface area contributed by atoms with E-state index in [1.165, 1.54) is 79.6 Å². The van der Waals surface area contributed by atoms with E-state index >= 15 is 0 Å². The summed E-state index contributed by atoms with van der Waals surface area (Å²) < 4.78 is 60.4. The van der Waals surface area contributed by atoms with Crippen LogP contribution in [0.1, 0.15) is 19.4 Å². The lowest BCUT2D eigenvalue weighted by atomic mass is 10.1. The van der Waals surface area contributed by atoms with Gasteiger partial charge in [-0.3, -0.25) is 13.9 Å². The number of amides is 2. The molecule has 0 aliphatic carbocycles. The molecule has 0 aromatic heterocycles. The number of rotatable bonds is 11. The predicted molar refractivity (Wildman–Crippen MR) is 139 cm³/mol. The molecule has 2 amide bonds. The van der Waals surface area contributed by atoms with E-state index < -0.39 is 46.1 Å². The van der Waals surface area contributed by atoms with E-state index in [-0.39, 0.29) is 17.1 Å². The van der Waals surface area contributed by atoms with Crippen LogP contribution in [0.5, 0.6) is 5.75 Å². The molecule has 8 nitrogen and oxygen atoms in total. The highest BCUT2D eigenvalue weighted by molar-refractivity contribution is 7.92. The predicted octanol–water partition coefficient (Wildman–Crippen LogP) is 3.72. The highest BCUT2D eigenvalue weighted by atomic mass is 32.2. The highest BCUT2D eigenvalue weighted by Crippen LogP contribution is 2.26. The van der Waals surface area contributed by atoms with Gasteiger partial charge in [0, 0.05) is 13.1 Å².